The Balaban J connectivity index is 1.74. The van der Waals surface area contributed by atoms with E-state index in [1.54, 1.807) is 44.7 Å². The highest BCUT2D eigenvalue weighted by atomic mass is 16.5. The van der Waals surface area contributed by atoms with Crippen LogP contribution in [0.4, 0.5) is 17.2 Å². The van der Waals surface area contributed by atoms with Crippen molar-refractivity contribution in [2.75, 3.05) is 31.5 Å². The fraction of sp³-hybridized carbons (Fsp3) is 0.143. The second-order valence-electron chi connectivity index (χ2n) is 5.85. The van der Waals surface area contributed by atoms with E-state index in [4.69, 9.17) is 9.47 Å². The second-order valence-corrected chi connectivity index (χ2v) is 5.85. The highest BCUT2D eigenvalue weighted by Gasteiger charge is 2.11. The predicted molar refractivity (Wildman–Crippen MR) is 106 cm³/mol. The minimum absolute atomic E-state index is 0.288. The number of rotatable bonds is 6. The molecule has 0 aliphatic carbocycles. The zero-order chi connectivity index (χ0) is 19.2. The van der Waals surface area contributed by atoms with Gasteiger partial charge in [0.25, 0.3) is 5.91 Å². The molecule has 0 aliphatic heterocycles. The van der Waals surface area contributed by atoms with Gasteiger partial charge in [-0.05, 0) is 36.4 Å². The number of hydrogen-bond acceptors (Lipinski definition) is 5. The molecule has 0 radical (unpaired) electrons. The molecule has 0 fully saturated rings. The van der Waals surface area contributed by atoms with Gasteiger partial charge in [-0.15, -0.1) is 0 Å². The number of methoxy groups -OCH3 is 2. The molecule has 0 unspecified atom stereocenters. The number of nitrogens with one attached hydrogen (secondary N) is 1. The summed E-state index contributed by atoms with van der Waals surface area (Å²) in [6.45, 7) is 0. The molecule has 3 rings (SSSR count). The fourth-order valence-corrected chi connectivity index (χ4v) is 2.59. The predicted octanol–water partition coefficient (Wildman–Crippen LogP) is 4.12. The van der Waals surface area contributed by atoms with Gasteiger partial charge < -0.3 is 19.7 Å². The summed E-state index contributed by atoms with van der Waals surface area (Å²) in [5.74, 6) is 1.27. The van der Waals surface area contributed by atoms with Crippen molar-refractivity contribution in [3.63, 3.8) is 0 Å². The number of ether oxygens (including phenoxy) is 2. The molecule has 1 aromatic heterocycles. The van der Waals surface area contributed by atoms with Crippen LogP contribution < -0.4 is 19.7 Å². The first kappa shape index (κ1) is 18.3. The van der Waals surface area contributed by atoms with Gasteiger partial charge in [0, 0.05) is 24.4 Å². The molecule has 2 aromatic carbocycles. The zero-order valence-corrected chi connectivity index (χ0v) is 15.5. The van der Waals surface area contributed by atoms with E-state index in [0.717, 1.165) is 11.4 Å². The number of carbonyl (C=O) groups is 1. The third kappa shape index (κ3) is 4.36. The molecule has 27 heavy (non-hydrogen) atoms. The van der Waals surface area contributed by atoms with Gasteiger partial charge >= 0.3 is 0 Å². The van der Waals surface area contributed by atoms with Crippen LogP contribution >= 0.6 is 0 Å². The van der Waals surface area contributed by atoms with Gasteiger partial charge in [-0.3, -0.25) is 4.79 Å². The summed E-state index contributed by atoms with van der Waals surface area (Å²) in [6, 6.07) is 18.7. The molecule has 138 valence electrons. The van der Waals surface area contributed by atoms with Crippen LogP contribution in [-0.2, 0) is 0 Å². The maximum atomic E-state index is 12.5. The van der Waals surface area contributed by atoms with E-state index in [9.17, 15) is 4.79 Å². The molecule has 3 aromatic rings. The van der Waals surface area contributed by atoms with Crippen molar-refractivity contribution >= 4 is 23.1 Å². The Kier molecular flexibility index (Phi) is 5.56. The first-order chi connectivity index (χ1) is 13.1. The molecule has 1 amide bonds. The Morgan fingerprint density at radius 2 is 1.59 bits per heavy atom. The van der Waals surface area contributed by atoms with E-state index in [1.807, 2.05) is 48.3 Å². The summed E-state index contributed by atoms with van der Waals surface area (Å²) < 4.78 is 10.4. The zero-order valence-electron chi connectivity index (χ0n) is 15.5. The number of para-hydroxylation sites is 1. The van der Waals surface area contributed by atoms with Gasteiger partial charge in [0.15, 0.2) is 0 Å². The third-order valence-electron chi connectivity index (χ3n) is 4.13. The normalized spacial score (nSPS) is 10.2. The third-order valence-corrected chi connectivity index (χ3v) is 4.13. The Bertz CT molecular complexity index is 889. The number of pyridine rings is 1. The molecular formula is C21H21N3O3. The van der Waals surface area contributed by atoms with Gasteiger partial charge in [0.05, 0.1) is 26.1 Å². The van der Waals surface area contributed by atoms with Crippen molar-refractivity contribution in [2.45, 2.75) is 0 Å². The van der Waals surface area contributed by atoms with Crippen molar-refractivity contribution in [2.24, 2.45) is 0 Å². The molecule has 0 spiro atoms. The minimum atomic E-state index is -0.288. The first-order valence-electron chi connectivity index (χ1n) is 8.40. The van der Waals surface area contributed by atoms with Crippen LogP contribution in [0.25, 0.3) is 0 Å². The maximum absolute atomic E-state index is 12.5. The van der Waals surface area contributed by atoms with Crippen molar-refractivity contribution in [3.05, 3.63) is 72.4 Å². The Hall–Kier alpha value is -3.54. The number of anilines is 3. The molecule has 0 saturated heterocycles. The lowest BCUT2D eigenvalue weighted by atomic mass is 10.2. The van der Waals surface area contributed by atoms with Gasteiger partial charge in [0.2, 0.25) is 0 Å². The SMILES string of the molecule is COc1cc(OC)cc(C(=O)Nc2ccc(N(C)c3ccccc3)cn2)c1. The lowest BCUT2D eigenvalue weighted by Crippen LogP contribution is -2.14. The molecule has 6 nitrogen and oxygen atoms in total. The van der Waals surface area contributed by atoms with Gasteiger partial charge in [-0.25, -0.2) is 4.98 Å². The Labute approximate surface area is 158 Å². The van der Waals surface area contributed by atoms with Crippen molar-refractivity contribution in [1.29, 1.82) is 0 Å². The second kappa shape index (κ2) is 8.23. The van der Waals surface area contributed by atoms with Crippen LogP contribution in [0.2, 0.25) is 0 Å². The lowest BCUT2D eigenvalue weighted by molar-refractivity contribution is 0.102. The van der Waals surface area contributed by atoms with E-state index in [1.165, 1.54) is 0 Å². The maximum Gasteiger partial charge on any atom is 0.257 e. The number of nitrogens with zero attached hydrogens (tertiary/aromatic N) is 2. The van der Waals surface area contributed by atoms with Crippen molar-refractivity contribution in [3.8, 4) is 11.5 Å². The summed E-state index contributed by atoms with van der Waals surface area (Å²) in [4.78, 5) is 18.9. The first-order valence-corrected chi connectivity index (χ1v) is 8.40. The minimum Gasteiger partial charge on any atom is -0.497 e. The van der Waals surface area contributed by atoms with E-state index in [2.05, 4.69) is 10.3 Å². The van der Waals surface area contributed by atoms with E-state index < -0.39 is 0 Å². The molecule has 6 heteroatoms. The van der Waals surface area contributed by atoms with Crippen molar-refractivity contribution in [1.82, 2.24) is 4.98 Å². The fourth-order valence-electron chi connectivity index (χ4n) is 2.59. The average molecular weight is 363 g/mol. The monoisotopic (exact) mass is 363 g/mol. The quantitative estimate of drug-likeness (QED) is 0.714. The molecule has 1 N–H and O–H groups in total. The highest BCUT2D eigenvalue weighted by molar-refractivity contribution is 6.04. The smallest absolute Gasteiger partial charge is 0.257 e. The van der Waals surface area contributed by atoms with Crippen LogP contribution in [0, 0.1) is 0 Å². The molecular weight excluding hydrogens is 342 g/mol. The standard InChI is InChI=1S/C21H21N3O3/c1-24(16-7-5-4-6-8-16)17-9-10-20(22-14-17)23-21(25)15-11-18(26-2)13-19(12-15)27-3/h4-14H,1-3H3,(H,22,23,25). The van der Waals surface area contributed by atoms with E-state index in [-0.39, 0.29) is 5.91 Å². The molecule has 1 heterocycles. The lowest BCUT2D eigenvalue weighted by Gasteiger charge is -2.19. The summed E-state index contributed by atoms with van der Waals surface area (Å²) >= 11 is 0. The molecule has 0 saturated carbocycles. The van der Waals surface area contributed by atoms with Crippen LogP contribution in [0.5, 0.6) is 11.5 Å². The van der Waals surface area contributed by atoms with Crippen LogP contribution in [0.1, 0.15) is 10.4 Å². The van der Waals surface area contributed by atoms with Gasteiger partial charge in [0.1, 0.15) is 17.3 Å². The van der Waals surface area contributed by atoms with E-state index in [0.29, 0.717) is 22.9 Å². The Morgan fingerprint density at radius 1 is 0.926 bits per heavy atom. The average Bonchev–Trinajstić information content (AvgIpc) is 2.74. The van der Waals surface area contributed by atoms with Crippen molar-refractivity contribution < 1.29 is 14.3 Å². The number of hydrogen-bond donors (Lipinski definition) is 1. The van der Waals surface area contributed by atoms with Gasteiger partial charge in [-0.2, -0.15) is 0 Å². The van der Waals surface area contributed by atoms with Crippen LogP contribution in [-0.4, -0.2) is 32.2 Å². The number of aromatic nitrogens is 1. The van der Waals surface area contributed by atoms with Crippen LogP contribution in [0.3, 0.4) is 0 Å². The molecule has 0 atom stereocenters. The Morgan fingerprint density at radius 3 is 2.15 bits per heavy atom. The van der Waals surface area contributed by atoms with E-state index >= 15 is 0 Å². The summed E-state index contributed by atoms with van der Waals surface area (Å²) in [5, 5.41) is 2.79. The summed E-state index contributed by atoms with van der Waals surface area (Å²) in [5.41, 5.74) is 2.40. The van der Waals surface area contributed by atoms with Crippen LogP contribution in [0.15, 0.2) is 66.9 Å². The number of amides is 1. The molecule has 0 bridgehead atoms. The molecule has 0 aliphatic rings. The summed E-state index contributed by atoms with van der Waals surface area (Å²) in [6.07, 6.45) is 1.72. The number of carbonyl (C=O) groups excluding carboxylic acids is 1. The largest absolute Gasteiger partial charge is 0.497 e. The van der Waals surface area contributed by atoms with Gasteiger partial charge in [-0.1, -0.05) is 18.2 Å². The summed E-state index contributed by atoms with van der Waals surface area (Å²) in [7, 11) is 5.05. The number of benzene rings is 2. The topological polar surface area (TPSA) is 63.7 Å². The highest BCUT2D eigenvalue weighted by Crippen LogP contribution is 2.25.